The zero-order valence-corrected chi connectivity index (χ0v) is 21.6. The van der Waals surface area contributed by atoms with Crippen LogP contribution in [-0.4, -0.2) is 24.2 Å². The monoisotopic (exact) mass is 488 g/mol. The van der Waals surface area contributed by atoms with Gasteiger partial charge in [0.1, 0.15) is 0 Å². The minimum absolute atomic E-state index is 0.182. The third-order valence-electron chi connectivity index (χ3n) is 5.42. The molecule has 0 spiro atoms. The van der Waals surface area contributed by atoms with Crippen LogP contribution >= 0.6 is 15.9 Å². The molecule has 0 aromatic rings. The average molecular weight is 490 g/mol. The summed E-state index contributed by atoms with van der Waals surface area (Å²) in [4.78, 5) is 11.9. The first-order chi connectivity index (χ1) is 14.6. The number of carbonyl (C=O) groups excluding carboxylic acids is 1. The molecule has 0 saturated heterocycles. The number of hydrogen-bond donors (Lipinski definition) is 0. The van der Waals surface area contributed by atoms with Gasteiger partial charge in [0.15, 0.2) is 0 Å². The highest BCUT2D eigenvalue weighted by Gasteiger charge is 2.15. The quantitative estimate of drug-likeness (QED) is 0.0473. The third kappa shape index (κ3) is 20.9. The van der Waals surface area contributed by atoms with E-state index in [4.69, 9.17) is 9.47 Å². The molecule has 178 valence electrons. The number of alkyl halides is 1. The second-order valence-electron chi connectivity index (χ2n) is 8.63. The van der Waals surface area contributed by atoms with E-state index in [1.165, 1.54) is 83.5 Å². The summed E-state index contributed by atoms with van der Waals surface area (Å²) in [5.74, 6) is -0.182. The van der Waals surface area contributed by atoms with Crippen LogP contribution in [0.15, 0.2) is 12.2 Å². The molecule has 1 unspecified atom stereocenters. The maximum atomic E-state index is 11.9. The summed E-state index contributed by atoms with van der Waals surface area (Å²) in [7, 11) is 0. The summed E-state index contributed by atoms with van der Waals surface area (Å²) in [6.45, 7) is 8.66. The highest BCUT2D eigenvalue weighted by molar-refractivity contribution is 9.09. The third-order valence-corrected chi connectivity index (χ3v) is 5.98. The number of esters is 1. The van der Waals surface area contributed by atoms with Crippen LogP contribution in [0.3, 0.4) is 0 Å². The lowest BCUT2D eigenvalue weighted by Crippen LogP contribution is -2.22. The summed E-state index contributed by atoms with van der Waals surface area (Å²) >= 11 is 3.40. The number of unbranched alkanes of at least 4 members (excludes halogenated alkanes) is 15. The number of halogens is 1. The number of hydrogen-bond acceptors (Lipinski definition) is 3. The van der Waals surface area contributed by atoms with Crippen molar-refractivity contribution in [1.82, 2.24) is 0 Å². The number of rotatable bonds is 23. The molecule has 0 aliphatic carbocycles. The highest BCUT2D eigenvalue weighted by atomic mass is 79.9. The van der Waals surface area contributed by atoms with E-state index in [-0.39, 0.29) is 5.97 Å². The Morgan fingerprint density at radius 1 is 0.767 bits per heavy atom. The van der Waals surface area contributed by atoms with Crippen molar-refractivity contribution in [2.45, 2.75) is 136 Å². The molecule has 0 aromatic heterocycles. The minimum atomic E-state index is -0.587. The summed E-state index contributed by atoms with van der Waals surface area (Å²) < 4.78 is 11.2. The molecule has 0 aliphatic rings. The molecule has 3 nitrogen and oxygen atoms in total. The van der Waals surface area contributed by atoms with Gasteiger partial charge in [0.05, 0.1) is 6.61 Å². The Labute approximate surface area is 195 Å². The van der Waals surface area contributed by atoms with Gasteiger partial charge in [-0.15, -0.1) is 0 Å². The molecule has 4 heteroatoms. The summed E-state index contributed by atoms with van der Waals surface area (Å²) in [5, 5.41) is 0.985. The van der Waals surface area contributed by atoms with E-state index in [0.717, 1.165) is 36.6 Å². The van der Waals surface area contributed by atoms with E-state index >= 15 is 0 Å². The highest BCUT2D eigenvalue weighted by Crippen LogP contribution is 2.14. The maximum Gasteiger partial charge on any atom is 0.308 e. The maximum absolute atomic E-state index is 11.9. The number of carbonyl (C=O) groups is 1. The Kier molecular flexibility index (Phi) is 23.0. The number of ether oxygens (including phenoxy) is 2. The lowest BCUT2D eigenvalue weighted by molar-refractivity contribution is -0.171. The van der Waals surface area contributed by atoms with Gasteiger partial charge in [-0.2, -0.15) is 0 Å². The summed E-state index contributed by atoms with van der Waals surface area (Å²) in [5.41, 5.74) is 0.758. The van der Waals surface area contributed by atoms with E-state index in [9.17, 15) is 4.79 Å². The van der Waals surface area contributed by atoms with E-state index in [1.54, 1.807) is 0 Å². The van der Waals surface area contributed by atoms with Gasteiger partial charge in [-0.25, -0.2) is 0 Å². The predicted molar refractivity (Wildman–Crippen MR) is 133 cm³/mol. The van der Waals surface area contributed by atoms with E-state index < -0.39 is 6.29 Å². The molecule has 0 N–H and O–H groups in total. The predicted octanol–water partition coefficient (Wildman–Crippen LogP) is 8.89. The van der Waals surface area contributed by atoms with E-state index in [0.29, 0.717) is 13.0 Å². The van der Waals surface area contributed by atoms with Crippen molar-refractivity contribution in [2.75, 3.05) is 11.9 Å². The summed E-state index contributed by atoms with van der Waals surface area (Å²) in [6.07, 6.45) is 21.7. The average Bonchev–Trinajstić information content (AvgIpc) is 2.73. The molecule has 30 heavy (non-hydrogen) atoms. The molecular weight excluding hydrogens is 440 g/mol. The molecule has 0 bridgehead atoms. The fourth-order valence-corrected chi connectivity index (χ4v) is 3.88. The van der Waals surface area contributed by atoms with Crippen molar-refractivity contribution in [3.63, 3.8) is 0 Å². The van der Waals surface area contributed by atoms with Gasteiger partial charge in [0, 0.05) is 11.8 Å². The fourth-order valence-electron chi connectivity index (χ4n) is 3.48. The van der Waals surface area contributed by atoms with Crippen molar-refractivity contribution < 1.29 is 14.3 Å². The largest absolute Gasteiger partial charge is 0.432 e. The van der Waals surface area contributed by atoms with Gasteiger partial charge in [0.25, 0.3) is 0 Å². The smallest absolute Gasteiger partial charge is 0.308 e. The Morgan fingerprint density at radius 2 is 1.23 bits per heavy atom. The minimum Gasteiger partial charge on any atom is -0.432 e. The van der Waals surface area contributed by atoms with Gasteiger partial charge in [-0.1, -0.05) is 119 Å². The first kappa shape index (κ1) is 29.7. The van der Waals surface area contributed by atoms with Crippen LogP contribution in [0, 0.1) is 0 Å². The zero-order chi connectivity index (χ0) is 22.3. The molecule has 0 aliphatic heterocycles. The van der Waals surface area contributed by atoms with Gasteiger partial charge in [0.2, 0.25) is 6.29 Å². The molecule has 0 fully saturated rings. The normalized spacial score (nSPS) is 12.1. The van der Waals surface area contributed by atoms with Crippen LogP contribution in [0.2, 0.25) is 0 Å². The Bertz CT molecular complexity index is 398. The molecule has 1 atom stereocenters. The van der Waals surface area contributed by atoms with Crippen LogP contribution in [-0.2, 0) is 14.3 Å². The molecule has 0 rings (SSSR count). The van der Waals surface area contributed by atoms with Gasteiger partial charge in [-0.3, -0.25) is 4.79 Å². The standard InChI is InChI=1S/C26H49BrO3/c1-4-5-6-7-8-9-10-11-12-13-14-15-16-20-23-29-26(24(2)3)30-25(28)21-18-17-19-22-27/h26H,2,4-23H2,1,3H3. The SMILES string of the molecule is C=C(C)C(OCCCCCCCCCCCCCCCC)OC(=O)CCCCCBr. The van der Waals surface area contributed by atoms with Crippen LogP contribution in [0.5, 0.6) is 0 Å². The topological polar surface area (TPSA) is 35.5 Å². The first-order valence-electron chi connectivity index (χ1n) is 12.6. The lowest BCUT2D eigenvalue weighted by atomic mass is 10.0. The second kappa shape index (κ2) is 23.3. The van der Waals surface area contributed by atoms with Gasteiger partial charge in [-0.05, 0) is 31.8 Å². The Balaban J connectivity index is 3.50. The van der Waals surface area contributed by atoms with Crippen molar-refractivity contribution in [3.8, 4) is 0 Å². The molecule has 0 radical (unpaired) electrons. The van der Waals surface area contributed by atoms with Crippen molar-refractivity contribution in [2.24, 2.45) is 0 Å². The molecule has 0 amide bonds. The van der Waals surface area contributed by atoms with Crippen LogP contribution in [0.4, 0.5) is 0 Å². The molecular formula is C26H49BrO3. The molecule has 0 heterocycles. The fraction of sp³-hybridized carbons (Fsp3) is 0.885. The molecule has 0 aromatic carbocycles. The first-order valence-corrected chi connectivity index (χ1v) is 13.8. The van der Waals surface area contributed by atoms with Crippen molar-refractivity contribution in [3.05, 3.63) is 12.2 Å². The van der Waals surface area contributed by atoms with Crippen LogP contribution in [0.25, 0.3) is 0 Å². The Hall–Kier alpha value is -0.350. The second-order valence-corrected chi connectivity index (χ2v) is 9.43. The van der Waals surface area contributed by atoms with Crippen LogP contribution < -0.4 is 0 Å². The van der Waals surface area contributed by atoms with Crippen LogP contribution in [0.1, 0.15) is 129 Å². The summed E-state index contributed by atoms with van der Waals surface area (Å²) in [6, 6.07) is 0. The van der Waals surface area contributed by atoms with E-state index in [1.807, 2.05) is 6.92 Å². The Morgan fingerprint density at radius 3 is 1.70 bits per heavy atom. The molecule has 0 saturated carbocycles. The van der Waals surface area contributed by atoms with Crippen molar-refractivity contribution >= 4 is 21.9 Å². The van der Waals surface area contributed by atoms with E-state index in [2.05, 4.69) is 29.4 Å². The zero-order valence-electron chi connectivity index (χ0n) is 20.0. The lowest BCUT2D eigenvalue weighted by Gasteiger charge is -2.18. The van der Waals surface area contributed by atoms with Gasteiger partial charge >= 0.3 is 5.97 Å². The van der Waals surface area contributed by atoms with Gasteiger partial charge < -0.3 is 9.47 Å². The van der Waals surface area contributed by atoms with Crippen molar-refractivity contribution in [1.29, 1.82) is 0 Å².